The van der Waals surface area contributed by atoms with E-state index in [-0.39, 0.29) is 11.2 Å². The lowest BCUT2D eigenvalue weighted by atomic mass is 10.1. The average Bonchev–Trinajstić information content (AvgIpc) is 3.26. The zero-order valence-electron chi connectivity index (χ0n) is 15.5. The topological polar surface area (TPSA) is 54.9 Å². The quantitative estimate of drug-likeness (QED) is 0.248. The number of anilines is 1. The Labute approximate surface area is 204 Å². The van der Waals surface area contributed by atoms with Crippen LogP contribution in [0.15, 0.2) is 50.7 Å². The van der Waals surface area contributed by atoms with Gasteiger partial charge in [-0.15, -0.1) is 22.7 Å². The molecule has 2 aromatic carbocycles. The van der Waals surface area contributed by atoms with Gasteiger partial charge < -0.3 is 5.32 Å². The van der Waals surface area contributed by atoms with E-state index in [2.05, 4.69) is 31.2 Å². The minimum atomic E-state index is -0.325. The summed E-state index contributed by atoms with van der Waals surface area (Å²) in [5, 5.41) is 3.87. The lowest BCUT2D eigenvalue weighted by Gasteiger charge is -2.10. The van der Waals surface area contributed by atoms with Crippen molar-refractivity contribution in [1.29, 1.82) is 0 Å². The Bertz CT molecular complexity index is 1190. The van der Waals surface area contributed by atoms with Crippen LogP contribution in [0.5, 0.6) is 0 Å². The summed E-state index contributed by atoms with van der Waals surface area (Å²) in [5.74, 6) is 0.403. The van der Waals surface area contributed by atoms with Gasteiger partial charge in [0.05, 0.1) is 20.3 Å². The maximum absolute atomic E-state index is 12.8. The van der Waals surface area contributed by atoms with Crippen molar-refractivity contribution in [1.82, 2.24) is 9.97 Å². The summed E-state index contributed by atoms with van der Waals surface area (Å²) in [5.41, 5.74) is 1.83. The molecule has 0 fully saturated rings. The number of halogens is 3. The Morgan fingerprint density at radius 3 is 2.80 bits per heavy atom. The van der Waals surface area contributed by atoms with Gasteiger partial charge in [-0.25, -0.2) is 9.97 Å². The van der Waals surface area contributed by atoms with Gasteiger partial charge in [-0.3, -0.25) is 4.79 Å². The lowest BCUT2D eigenvalue weighted by Crippen LogP contribution is -2.23. The predicted molar refractivity (Wildman–Crippen MR) is 133 cm³/mol. The van der Waals surface area contributed by atoms with Crippen LogP contribution >= 0.6 is 73.6 Å². The van der Waals surface area contributed by atoms with Gasteiger partial charge in [-0.05, 0) is 58.7 Å². The molecule has 0 saturated heterocycles. The fraction of sp³-hybridized carbons (Fsp3) is 0.150. The lowest BCUT2D eigenvalue weighted by molar-refractivity contribution is -0.115. The molecule has 1 amide bonds. The number of hydrogen-bond donors (Lipinski definition) is 1. The summed E-state index contributed by atoms with van der Waals surface area (Å²) in [6.07, 6.45) is 0.525. The summed E-state index contributed by atoms with van der Waals surface area (Å²) in [6, 6.07) is 13.3. The molecule has 0 aliphatic carbocycles. The number of thioether (sulfide) groups is 1. The Kier molecular flexibility index (Phi) is 7.01. The molecule has 2 heterocycles. The predicted octanol–water partition coefficient (Wildman–Crippen LogP) is 7.53. The van der Waals surface area contributed by atoms with Crippen molar-refractivity contribution in [3.63, 3.8) is 0 Å². The van der Waals surface area contributed by atoms with E-state index in [1.807, 2.05) is 37.3 Å². The molecular weight excluding hydrogens is 545 g/mol. The molecule has 2 aromatic heterocycles. The van der Waals surface area contributed by atoms with Gasteiger partial charge >= 0.3 is 0 Å². The number of carbonyl (C=O) groups excluding carboxylic acids is 1. The SMILES string of the molecule is C[C@H](Sc1nc2ccccc2s1)C(=O)Nc1nc(Br)sc1Cc1cc(Cl)ccc1Cl. The highest BCUT2D eigenvalue weighted by molar-refractivity contribution is 9.11. The third kappa shape index (κ3) is 5.18. The van der Waals surface area contributed by atoms with Gasteiger partial charge in [0, 0.05) is 16.5 Å². The molecule has 0 bridgehead atoms. The first-order valence-corrected chi connectivity index (χ1v) is 12.9. The van der Waals surface area contributed by atoms with E-state index in [4.69, 9.17) is 23.2 Å². The number of rotatable bonds is 6. The molecule has 0 spiro atoms. The number of nitrogens with one attached hydrogen (secondary N) is 1. The molecule has 0 saturated carbocycles. The van der Waals surface area contributed by atoms with Crippen molar-refractivity contribution in [3.8, 4) is 0 Å². The summed E-state index contributed by atoms with van der Waals surface area (Å²) in [6.45, 7) is 1.86. The van der Waals surface area contributed by atoms with Crippen molar-refractivity contribution < 1.29 is 4.79 Å². The molecule has 4 rings (SSSR count). The smallest absolute Gasteiger partial charge is 0.238 e. The highest BCUT2D eigenvalue weighted by atomic mass is 79.9. The van der Waals surface area contributed by atoms with Crippen LogP contribution in [-0.2, 0) is 11.2 Å². The third-order valence-electron chi connectivity index (χ3n) is 4.19. The highest BCUT2D eigenvalue weighted by Gasteiger charge is 2.21. The summed E-state index contributed by atoms with van der Waals surface area (Å²) >= 11 is 20.3. The van der Waals surface area contributed by atoms with Gasteiger partial charge in [0.1, 0.15) is 5.82 Å². The number of thiazole rings is 2. The van der Waals surface area contributed by atoms with Crippen LogP contribution < -0.4 is 5.32 Å². The maximum Gasteiger partial charge on any atom is 0.238 e. The van der Waals surface area contributed by atoms with Crippen molar-refractivity contribution in [2.45, 2.75) is 22.9 Å². The van der Waals surface area contributed by atoms with E-state index in [1.165, 1.54) is 23.1 Å². The van der Waals surface area contributed by atoms with Gasteiger partial charge in [0.25, 0.3) is 0 Å². The molecular formula is C20H14BrCl2N3OS3. The minimum absolute atomic E-state index is 0.129. The van der Waals surface area contributed by atoms with Gasteiger partial charge in [0.2, 0.25) is 5.91 Å². The van der Waals surface area contributed by atoms with E-state index in [0.717, 1.165) is 25.0 Å². The molecule has 4 aromatic rings. The molecule has 30 heavy (non-hydrogen) atoms. The number of carbonyl (C=O) groups is 1. The number of nitrogens with zero attached hydrogens (tertiary/aromatic N) is 2. The molecule has 0 aliphatic rings. The zero-order valence-corrected chi connectivity index (χ0v) is 21.0. The van der Waals surface area contributed by atoms with Crippen LogP contribution in [0.2, 0.25) is 10.0 Å². The van der Waals surface area contributed by atoms with Gasteiger partial charge in [-0.2, -0.15) is 0 Å². The molecule has 10 heteroatoms. The second-order valence-corrected chi connectivity index (χ2v) is 12.2. The number of para-hydroxylation sites is 1. The van der Waals surface area contributed by atoms with E-state index >= 15 is 0 Å². The Morgan fingerprint density at radius 2 is 2.00 bits per heavy atom. The number of amides is 1. The van der Waals surface area contributed by atoms with Gasteiger partial charge in [0.15, 0.2) is 8.26 Å². The van der Waals surface area contributed by atoms with Crippen LogP contribution in [0.1, 0.15) is 17.4 Å². The summed E-state index contributed by atoms with van der Waals surface area (Å²) in [7, 11) is 0. The first kappa shape index (κ1) is 22.0. The van der Waals surface area contributed by atoms with Crippen molar-refractivity contribution in [2.75, 3.05) is 5.32 Å². The molecule has 1 atom stereocenters. The van der Waals surface area contributed by atoms with Crippen LogP contribution in [0.3, 0.4) is 0 Å². The van der Waals surface area contributed by atoms with Crippen LogP contribution in [0.4, 0.5) is 5.82 Å². The van der Waals surface area contributed by atoms with Crippen molar-refractivity contribution in [2.24, 2.45) is 0 Å². The second-order valence-electron chi connectivity index (χ2n) is 6.35. The summed E-state index contributed by atoms with van der Waals surface area (Å²) < 4.78 is 2.67. The number of hydrogen-bond acceptors (Lipinski definition) is 6. The summed E-state index contributed by atoms with van der Waals surface area (Å²) in [4.78, 5) is 22.7. The maximum atomic E-state index is 12.8. The number of benzene rings is 2. The minimum Gasteiger partial charge on any atom is -0.309 e. The first-order chi connectivity index (χ1) is 14.4. The molecule has 154 valence electrons. The molecule has 0 radical (unpaired) electrons. The van der Waals surface area contributed by atoms with E-state index < -0.39 is 0 Å². The standard InChI is InChI=1S/C20H14BrCl2N3OS3/c1-10(28-20-24-14-4-2-3-5-15(14)30-20)18(27)25-17-16(29-19(21)26-17)9-11-8-12(22)6-7-13(11)23/h2-8,10H,9H2,1H3,(H,25,27)/t10-/m0/s1. The molecule has 1 N–H and O–H groups in total. The van der Waals surface area contributed by atoms with Crippen LogP contribution in [0.25, 0.3) is 10.2 Å². The third-order valence-corrected chi connectivity index (χ3v) is 8.53. The van der Waals surface area contributed by atoms with Gasteiger partial charge in [-0.1, -0.05) is 47.1 Å². The van der Waals surface area contributed by atoms with Crippen LogP contribution in [0, 0.1) is 0 Å². The monoisotopic (exact) mass is 557 g/mol. The Hall–Kier alpha value is -1.16. The zero-order chi connectivity index (χ0) is 21.3. The van der Waals surface area contributed by atoms with E-state index in [9.17, 15) is 4.79 Å². The largest absolute Gasteiger partial charge is 0.309 e. The molecule has 0 aliphatic heterocycles. The van der Waals surface area contributed by atoms with Crippen molar-refractivity contribution in [3.05, 3.63) is 66.9 Å². The fourth-order valence-electron chi connectivity index (χ4n) is 2.72. The van der Waals surface area contributed by atoms with Crippen LogP contribution in [-0.4, -0.2) is 21.1 Å². The normalized spacial score (nSPS) is 12.3. The molecule has 4 nitrogen and oxygen atoms in total. The number of aromatic nitrogens is 2. The Morgan fingerprint density at radius 1 is 1.20 bits per heavy atom. The van der Waals surface area contributed by atoms with E-state index in [0.29, 0.717) is 26.2 Å². The Balaban J connectivity index is 1.48. The fourth-order valence-corrected chi connectivity index (χ4v) is 6.83. The first-order valence-electron chi connectivity index (χ1n) is 8.81. The second kappa shape index (κ2) is 9.54. The van der Waals surface area contributed by atoms with Crippen molar-refractivity contribution >= 4 is 95.5 Å². The van der Waals surface area contributed by atoms with E-state index in [1.54, 1.807) is 23.5 Å². The molecule has 0 unspecified atom stereocenters. The number of fused-ring (bicyclic) bond motifs is 1. The highest BCUT2D eigenvalue weighted by Crippen LogP contribution is 2.34. The average molecular weight is 559 g/mol.